The van der Waals surface area contributed by atoms with Crippen molar-refractivity contribution in [1.29, 1.82) is 0 Å². The lowest BCUT2D eigenvalue weighted by molar-refractivity contribution is 0.341. The molecule has 0 radical (unpaired) electrons. The first-order chi connectivity index (χ1) is 8.35. The third-order valence-electron chi connectivity index (χ3n) is 2.33. The first-order valence-electron chi connectivity index (χ1n) is 5.66. The molecule has 0 aliphatic carbocycles. The Labute approximate surface area is 105 Å². The van der Waals surface area contributed by atoms with E-state index in [1.54, 1.807) is 11.3 Å². The molecule has 0 fully saturated rings. The first kappa shape index (κ1) is 12.1. The summed E-state index contributed by atoms with van der Waals surface area (Å²) in [6.07, 6.45) is 0. The van der Waals surface area contributed by atoms with Crippen molar-refractivity contribution in [2.45, 2.75) is 13.5 Å². The Morgan fingerprint density at radius 3 is 2.94 bits per heavy atom. The standard InChI is InChI=1S/C13H16N2OS/c1-3-16-12-7-5-4-6-11(12)13-15-10(8-14-2)9-17-13/h4-7,9,14H,3,8H2,1-2H3. The van der Waals surface area contributed by atoms with Gasteiger partial charge in [0.1, 0.15) is 10.8 Å². The van der Waals surface area contributed by atoms with Crippen LogP contribution in [0.15, 0.2) is 29.6 Å². The zero-order valence-corrected chi connectivity index (χ0v) is 10.9. The molecular weight excluding hydrogens is 232 g/mol. The molecule has 0 atom stereocenters. The molecule has 0 amide bonds. The summed E-state index contributed by atoms with van der Waals surface area (Å²) in [6, 6.07) is 8.03. The van der Waals surface area contributed by atoms with E-state index in [1.807, 2.05) is 38.2 Å². The predicted molar refractivity (Wildman–Crippen MR) is 71.5 cm³/mol. The lowest BCUT2D eigenvalue weighted by Crippen LogP contribution is -2.04. The molecule has 2 rings (SSSR count). The number of thiazole rings is 1. The predicted octanol–water partition coefficient (Wildman–Crippen LogP) is 2.93. The van der Waals surface area contributed by atoms with Crippen LogP contribution in [0.2, 0.25) is 0 Å². The van der Waals surface area contributed by atoms with Gasteiger partial charge in [-0.15, -0.1) is 11.3 Å². The second-order valence-corrected chi connectivity index (χ2v) is 4.46. The fraction of sp³-hybridized carbons (Fsp3) is 0.308. The lowest BCUT2D eigenvalue weighted by Gasteiger charge is -2.07. The number of rotatable bonds is 5. The van der Waals surface area contributed by atoms with Crippen LogP contribution in [0.1, 0.15) is 12.6 Å². The van der Waals surface area contributed by atoms with Crippen LogP contribution in [0.4, 0.5) is 0 Å². The quantitative estimate of drug-likeness (QED) is 0.883. The minimum atomic E-state index is 0.672. The van der Waals surface area contributed by atoms with Gasteiger partial charge in [-0.2, -0.15) is 0 Å². The van der Waals surface area contributed by atoms with Crippen LogP contribution < -0.4 is 10.1 Å². The summed E-state index contributed by atoms with van der Waals surface area (Å²) >= 11 is 1.65. The van der Waals surface area contributed by atoms with E-state index in [-0.39, 0.29) is 0 Å². The Morgan fingerprint density at radius 2 is 2.18 bits per heavy atom. The number of ether oxygens (including phenoxy) is 1. The molecule has 1 heterocycles. The molecule has 0 saturated heterocycles. The van der Waals surface area contributed by atoms with E-state index in [1.165, 1.54) is 0 Å². The minimum absolute atomic E-state index is 0.672. The normalized spacial score (nSPS) is 10.5. The number of hydrogen-bond donors (Lipinski definition) is 1. The molecular formula is C13H16N2OS. The van der Waals surface area contributed by atoms with Crippen LogP contribution in [-0.4, -0.2) is 18.6 Å². The lowest BCUT2D eigenvalue weighted by atomic mass is 10.2. The average Bonchev–Trinajstić information content (AvgIpc) is 2.79. The molecule has 1 aromatic heterocycles. The van der Waals surface area contributed by atoms with Gasteiger partial charge in [0, 0.05) is 11.9 Å². The van der Waals surface area contributed by atoms with E-state index in [0.717, 1.165) is 28.6 Å². The van der Waals surface area contributed by atoms with E-state index in [2.05, 4.69) is 15.7 Å². The summed E-state index contributed by atoms with van der Waals surface area (Å²) in [7, 11) is 1.92. The van der Waals surface area contributed by atoms with Gasteiger partial charge < -0.3 is 10.1 Å². The van der Waals surface area contributed by atoms with E-state index >= 15 is 0 Å². The van der Waals surface area contributed by atoms with Crippen molar-refractivity contribution in [2.75, 3.05) is 13.7 Å². The third-order valence-corrected chi connectivity index (χ3v) is 3.25. The van der Waals surface area contributed by atoms with Gasteiger partial charge in [0.2, 0.25) is 0 Å². The molecule has 1 aromatic carbocycles. The number of nitrogens with one attached hydrogen (secondary N) is 1. The van der Waals surface area contributed by atoms with E-state index < -0.39 is 0 Å². The highest BCUT2D eigenvalue weighted by Crippen LogP contribution is 2.32. The van der Waals surface area contributed by atoms with Crippen LogP contribution in [0.3, 0.4) is 0 Å². The SMILES string of the molecule is CCOc1ccccc1-c1nc(CNC)cs1. The van der Waals surface area contributed by atoms with Crippen molar-refractivity contribution in [3.8, 4) is 16.3 Å². The van der Waals surface area contributed by atoms with Crippen molar-refractivity contribution >= 4 is 11.3 Å². The summed E-state index contributed by atoms with van der Waals surface area (Å²) in [6.45, 7) is 3.46. The fourth-order valence-corrected chi connectivity index (χ4v) is 2.47. The van der Waals surface area contributed by atoms with Gasteiger partial charge in [0.25, 0.3) is 0 Å². The van der Waals surface area contributed by atoms with Gasteiger partial charge in [0.05, 0.1) is 17.9 Å². The zero-order chi connectivity index (χ0) is 12.1. The molecule has 0 saturated carbocycles. The summed E-state index contributed by atoms with van der Waals surface area (Å²) in [5, 5.41) is 6.19. The highest BCUT2D eigenvalue weighted by Gasteiger charge is 2.09. The Bertz CT molecular complexity index is 482. The number of nitrogens with zero attached hydrogens (tertiary/aromatic N) is 1. The highest BCUT2D eigenvalue weighted by molar-refractivity contribution is 7.13. The van der Waals surface area contributed by atoms with Crippen LogP contribution >= 0.6 is 11.3 Å². The zero-order valence-electron chi connectivity index (χ0n) is 10.1. The fourth-order valence-electron chi connectivity index (χ4n) is 1.62. The Kier molecular flexibility index (Phi) is 4.12. The molecule has 1 N–H and O–H groups in total. The summed E-state index contributed by atoms with van der Waals surface area (Å²) in [5.41, 5.74) is 2.14. The van der Waals surface area contributed by atoms with E-state index in [4.69, 9.17) is 4.74 Å². The van der Waals surface area contributed by atoms with Gasteiger partial charge in [-0.3, -0.25) is 0 Å². The maximum absolute atomic E-state index is 5.61. The monoisotopic (exact) mass is 248 g/mol. The molecule has 90 valence electrons. The van der Waals surface area contributed by atoms with Crippen molar-refractivity contribution in [3.05, 3.63) is 35.3 Å². The molecule has 3 nitrogen and oxygen atoms in total. The number of aromatic nitrogens is 1. The summed E-state index contributed by atoms with van der Waals surface area (Å²) in [5.74, 6) is 0.903. The van der Waals surface area contributed by atoms with Crippen molar-refractivity contribution < 1.29 is 4.74 Å². The smallest absolute Gasteiger partial charge is 0.129 e. The van der Waals surface area contributed by atoms with Crippen molar-refractivity contribution in [1.82, 2.24) is 10.3 Å². The van der Waals surface area contributed by atoms with Crippen molar-refractivity contribution in [2.24, 2.45) is 0 Å². The highest BCUT2D eigenvalue weighted by atomic mass is 32.1. The van der Waals surface area contributed by atoms with Gasteiger partial charge in [-0.05, 0) is 26.1 Å². The van der Waals surface area contributed by atoms with Crippen LogP contribution in [-0.2, 0) is 6.54 Å². The topological polar surface area (TPSA) is 34.1 Å². The summed E-state index contributed by atoms with van der Waals surface area (Å²) < 4.78 is 5.61. The minimum Gasteiger partial charge on any atom is -0.493 e. The van der Waals surface area contributed by atoms with E-state index in [0.29, 0.717) is 6.61 Å². The molecule has 17 heavy (non-hydrogen) atoms. The Hall–Kier alpha value is -1.39. The molecule has 2 aromatic rings. The molecule has 0 spiro atoms. The van der Waals surface area contributed by atoms with Gasteiger partial charge >= 0.3 is 0 Å². The van der Waals surface area contributed by atoms with Gasteiger partial charge in [0.15, 0.2) is 0 Å². The van der Waals surface area contributed by atoms with Gasteiger partial charge in [-0.1, -0.05) is 12.1 Å². The molecule has 4 heteroatoms. The van der Waals surface area contributed by atoms with E-state index in [9.17, 15) is 0 Å². The number of para-hydroxylation sites is 1. The van der Waals surface area contributed by atoms with Crippen LogP contribution in [0.5, 0.6) is 5.75 Å². The van der Waals surface area contributed by atoms with Crippen LogP contribution in [0.25, 0.3) is 10.6 Å². The maximum atomic E-state index is 5.61. The average molecular weight is 248 g/mol. The van der Waals surface area contributed by atoms with Gasteiger partial charge in [-0.25, -0.2) is 4.98 Å². The molecule has 0 unspecified atom stereocenters. The number of benzene rings is 1. The largest absolute Gasteiger partial charge is 0.493 e. The molecule has 0 aliphatic heterocycles. The van der Waals surface area contributed by atoms with Crippen LogP contribution in [0, 0.1) is 0 Å². The Balaban J connectivity index is 2.31. The molecule has 0 aliphatic rings. The third kappa shape index (κ3) is 2.84. The summed E-state index contributed by atoms with van der Waals surface area (Å²) in [4.78, 5) is 4.59. The first-order valence-corrected chi connectivity index (χ1v) is 6.54. The second kappa shape index (κ2) is 5.80. The van der Waals surface area contributed by atoms with Crippen molar-refractivity contribution in [3.63, 3.8) is 0 Å². The second-order valence-electron chi connectivity index (χ2n) is 3.60. The maximum Gasteiger partial charge on any atom is 0.129 e. The number of hydrogen-bond acceptors (Lipinski definition) is 4. The Morgan fingerprint density at radius 1 is 1.35 bits per heavy atom. The molecule has 0 bridgehead atoms.